The SMILES string of the molecule is CC(C)N1Cc2ccc(C(N)CCC(=O)O)cc2C1. The van der Waals surface area contributed by atoms with E-state index >= 15 is 0 Å². The topological polar surface area (TPSA) is 66.6 Å². The van der Waals surface area contributed by atoms with Crippen molar-refractivity contribution in [2.75, 3.05) is 0 Å². The van der Waals surface area contributed by atoms with E-state index in [-0.39, 0.29) is 12.5 Å². The Morgan fingerprint density at radius 3 is 2.68 bits per heavy atom. The van der Waals surface area contributed by atoms with E-state index in [1.807, 2.05) is 6.07 Å². The summed E-state index contributed by atoms with van der Waals surface area (Å²) in [6, 6.07) is 6.67. The van der Waals surface area contributed by atoms with Crippen molar-refractivity contribution in [1.29, 1.82) is 0 Å². The van der Waals surface area contributed by atoms with Crippen molar-refractivity contribution in [2.24, 2.45) is 5.73 Å². The summed E-state index contributed by atoms with van der Waals surface area (Å²) in [5.74, 6) is -0.789. The molecule has 2 rings (SSSR count). The van der Waals surface area contributed by atoms with Gasteiger partial charge in [-0.15, -0.1) is 0 Å². The van der Waals surface area contributed by atoms with Crippen LogP contribution in [0.3, 0.4) is 0 Å². The number of nitrogens with two attached hydrogens (primary N) is 1. The number of carbonyl (C=O) groups is 1. The lowest BCUT2D eigenvalue weighted by atomic mass is 9.99. The lowest BCUT2D eigenvalue weighted by Crippen LogP contribution is -2.24. The van der Waals surface area contributed by atoms with E-state index in [9.17, 15) is 4.79 Å². The van der Waals surface area contributed by atoms with E-state index in [1.54, 1.807) is 0 Å². The first-order chi connectivity index (χ1) is 8.97. The molecule has 1 aliphatic heterocycles. The third kappa shape index (κ3) is 3.33. The van der Waals surface area contributed by atoms with E-state index in [2.05, 4.69) is 30.9 Å². The molecule has 4 nitrogen and oxygen atoms in total. The molecule has 1 atom stereocenters. The summed E-state index contributed by atoms with van der Waals surface area (Å²) in [7, 11) is 0. The van der Waals surface area contributed by atoms with Gasteiger partial charge in [-0.1, -0.05) is 18.2 Å². The maximum absolute atomic E-state index is 10.6. The van der Waals surface area contributed by atoms with Crippen LogP contribution in [0.2, 0.25) is 0 Å². The molecule has 0 amide bonds. The summed E-state index contributed by atoms with van der Waals surface area (Å²) < 4.78 is 0. The predicted octanol–water partition coefficient (Wildman–Crippen LogP) is 2.28. The molecule has 0 bridgehead atoms. The van der Waals surface area contributed by atoms with Crippen LogP contribution in [0, 0.1) is 0 Å². The molecule has 0 saturated heterocycles. The number of carboxylic acids is 1. The lowest BCUT2D eigenvalue weighted by molar-refractivity contribution is -0.137. The van der Waals surface area contributed by atoms with Gasteiger partial charge >= 0.3 is 5.97 Å². The van der Waals surface area contributed by atoms with Crippen molar-refractivity contribution >= 4 is 5.97 Å². The third-order valence-electron chi connectivity index (χ3n) is 3.80. The molecule has 1 aromatic carbocycles. The van der Waals surface area contributed by atoms with E-state index < -0.39 is 5.97 Å². The monoisotopic (exact) mass is 262 g/mol. The van der Waals surface area contributed by atoms with Gasteiger partial charge in [0, 0.05) is 31.6 Å². The Morgan fingerprint density at radius 1 is 1.37 bits per heavy atom. The quantitative estimate of drug-likeness (QED) is 0.854. The van der Waals surface area contributed by atoms with Gasteiger partial charge in [0.1, 0.15) is 0 Å². The number of hydrogen-bond donors (Lipinski definition) is 2. The van der Waals surface area contributed by atoms with E-state index in [1.165, 1.54) is 11.1 Å². The molecular formula is C15H22N2O2. The summed E-state index contributed by atoms with van der Waals surface area (Å²) in [6.45, 7) is 6.36. The summed E-state index contributed by atoms with van der Waals surface area (Å²) in [5.41, 5.74) is 9.80. The zero-order chi connectivity index (χ0) is 14.0. The van der Waals surface area contributed by atoms with Crippen LogP contribution in [0.1, 0.15) is 49.4 Å². The van der Waals surface area contributed by atoms with Crippen molar-refractivity contribution in [2.45, 2.75) is 51.9 Å². The first-order valence-corrected chi connectivity index (χ1v) is 6.80. The van der Waals surface area contributed by atoms with E-state index in [0.29, 0.717) is 12.5 Å². The molecule has 1 heterocycles. The van der Waals surface area contributed by atoms with Crippen LogP contribution in [0.25, 0.3) is 0 Å². The van der Waals surface area contributed by atoms with Gasteiger partial charge in [0.05, 0.1) is 0 Å². The third-order valence-corrected chi connectivity index (χ3v) is 3.80. The first-order valence-electron chi connectivity index (χ1n) is 6.80. The summed E-state index contributed by atoms with van der Waals surface area (Å²) in [5, 5.41) is 8.70. The fraction of sp³-hybridized carbons (Fsp3) is 0.533. The van der Waals surface area contributed by atoms with Gasteiger partial charge in [0.2, 0.25) is 0 Å². The maximum Gasteiger partial charge on any atom is 0.303 e. The molecule has 0 radical (unpaired) electrons. The zero-order valence-electron chi connectivity index (χ0n) is 11.6. The van der Waals surface area contributed by atoms with Crippen molar-refractivity contribution in [3.63, 3.8) is 0 Å². The Labute approximate surface area is 114 Å². The van der Waals surface area contributed by atoms with Crippen LogP contribution in [0.4, 0.5) is 0 Å². The predicted molar refractivity (Wildman–Crippen MR) is 74.6 cm³/mol. The molecule has 4 heteroatoms. The van der Waals surface area contributed by atoms with Crippen molar-refractivity contribution in [3.8, 4) is 0 Å². The second-order valence-electron chi connectivity index (χ2n) is 5.57. The largest absolute Gasteiger partial charge is 0.481 e. The van der Waals surface area contributed by atoms with Gasteiger partial charge in [-0.25, -0.2) is 0 Å². The minimum atomic E-state index is -0.789. The van der Waals surface area contributed by atoms with Crippen LogP contribution >= 0.6 is 0 Å². The van der Waals surface area contributed by atoms with Gasteiger partial charge in [0.25, 0.3) is 0 Å². The van der Waals surface area contributed by atoms with Gasteiger partial charge < -0.3 is 10.8 Å². The summed E-state index contributed by atoms with van der Waals surface area (Å²) in [4.78, 5) is 13.0. The highest BCUT2D eigenvalue weighted by Crippen LogP contribution is 2.27. The number of hydrogen-bond acceptors (Lipinski definition) is 3. The van der Waals surface area contributed by atoms with Crippen LogP contribution in [0.15, 0.2) is 18.2 Å². The normalized spacial score (nSPS) is 16.6. The highest BCUT2D eigenvalue weighted by Gasteiger charge is 2.21. The standard InChI is InChI=1S/C15H22N2O2/c1-10(2)17-8-12-4-3-11(7-13(12)9-17)14(16)5-6-15(18)19/h3-4,7,10,14H,5-6,8-9,16H2,1-2H3,(H,18,19). The van der Waals surface area contributed by atoms with Gasteiger partial charge in [-0.05, 0) is 37.0 Å². The molecule has 19 heavy (non-hydrogen) atoms. The van der Waals surface area contributed by atoms with Crippen LogP contribution in [-0.2, 0) is 17.9 Å². The zero-order valence-corrected chi connectivity index (χ0v) is 11.6. The fourth-order valence-corrected chi connectivity index (χ4v) is 2.48. The maximum atomic E-state index is 10.6. The number of fused-ring (bicyclic) bond motifs is 1. The molecule has 1 unspecified atom stereocenters. The number of nitrogens with zero attached hydrogens (tertiary/aromatic N) is 1. The van der Waals surface area contributed by atoms with Crippen LogP contribution < -0.4 is 5.73 Å². The van der Waals surface area contributed by atoms with E-state index in [0.717, 1.165) is 18.7 Å². The fourth-order valence-electron chi connectivity index (χ4n) is 2.48. The highest BCUT2D eigenvalue weighted by molar-refractivity contribution is 5.66. The second-order valence-corrected chi connectivity index (χ2v) is 5.57. The molecule has 1 aliphatic rings. The molecule has 0 saturated carbocycles. The Hall–Kier alpha value is -1.39. The number of rotatable bonds is 5. The highest BCUT2D eigenvalue weighted by atomic mass is 16.4. The average molecular weight is 262 g/mol. The number of carboxylic acid groups (broad SMARTS) is 1. The van der Waals surface area contributed by atoms with Crippen LogP contribution in [-0.4, -0.2) is 22.0 Å². The molecule has 0 aromatic heterocycles. The van der Waals surface area contributed by atoms with Crippen LogP contribution in [0.5, 0.6) is 0 Å². The summed E-state index contributed by atoms with van der Waals surface area (Å²) >= 11 is 0. The second kappa shape index (κ2) is 5.72. The molecule has 0 aliphatic carbocycles. The minimum absolute atomic E-state index is 0.121. The number of aliphatic carboxylic acids is 1. The Kier molecular flexibility index (Phi) is 4.22. The Bertz CT molecular complexity index is 471. The minimum Gasteiger partial charge on any atom is -0.481 e. The average Bonchev–Trinajstić information content (AvgIpc) is 2.78. The van der Waals surface area contributed by atoms with Crippen molar-refractivity contribution in [1.82, 2.24) is 4.90 Å². The Balaban J connectivity index is 2.06. The van der Waals surface area contributed by atoms with Gasteiger partial charge in [-0.2, -0.15) is 0 Å². The molecular weight excluding hydrogens is 240 g/mol. The molecule has 104 valence electrons. The number of benzene rings is 1. The molecule has 0 fully saturated rings. The molecule has 0 spiro atoms. The Morgan fingerprint density at radius 2 is 2.05 bits per heavy atom. The first kappa shape index (κ1) is 14.0. The molecule has 1 aromatic rings. The van der Waals surface area contributed by atoms with Crippen molar-refractivity contribution in [3.05, 3.63) is 34.9 Å². The lowest BCUT2D eigenvalue weighted by Gasteiger charge is -2.18. The van der Waals surface area contributed by atoms with E-state index in [4.69, 9.17) is 10.8 Å². The van der Waals surface area contributed by atoms with Gasteiger partial charge in [-0.3, -0.25) is 9.69 Å². The van der Waals surface area contributed by atoms with Gasteiger partial charge in [0.15, 0.2) is 0 Å². The molecule has 3 N–H and O–H groups in total. The summed E-state index contributed by atoms with van der Waals surface area (Å²) in [6.07, 6.45) is 0.610. The van der Waals surface area contributed by atoms with Crippen molar-refractivity contribution < 1.29 is 9.90 Å². The smallest absolute Gasteiger partial charge is 0.303 e.